The SMILES string of the molecule is CN1Cc2[nH]c3ncccc3c2CC12CCC2. The second kappa shape index (κ2) is 3.10. The van der Waals surface area contributed by atoms with Crippen LogP contribution in [0, 0.1) is 0 Å². The van der Waals surface area contributed by atoms with Crippen LogP contribution in [0.25, 0.3) is 11.0 Å². The fourth-order valence-corrected chi connectivity index (χ4v) is 3.48. The number of H-pyrrole nitrogens is 1. The minimum absolute atomic E-state index is 0.456. The van der Waals surface area contributed by atoms with Crippen molar-refractivity contribution in [3.05, 3.63) is 29.6 Å². The Bertz CT molecular complexity index is 580. The molecule has 88 valence electrons. The van der Waals surface area contributed by atoms with Crippen LogP contribution in [0.15, 0.2) is 18.3 Å². The van der Waals surface area contributed by atoms with E-state index in [1.54, 1.807) is 0 Å². The van der Waals surface area contributed by atoms with Crippen LogP contribution in [0.2, 0.25) is 0 Å². The standard InChI is InChI=1S/C14H17N3/c1-17-9-12-11(8-14(17)5-3-6-14)10-4-2-7-15-13(10)16-12/h2,4,7H,3,5-6,8-9H2,1H3,(H,15,16). The highest BCUT2D eigenvalue weighted by molar-refractivity contribution is 5.81. The van der Waals surface area contributed by atoms with Crippen molar-refractivity contribution in [2.24, 2.45) is 0 Å². The molecule has 0 bridgehead atoms. The van der Waals surface area contributed by atoms with Crippen molar-refractivity contribution in [2.75, 3.05) is 7.05 Å². The van der Waals surface area contributed by atoms with Gasteiger partial charge in [0.1, 0.15) is 5.65 Å². The molecule has 17 heavy (non-hydrogen) atoms. The number of pyridine rings is 1. The number of nitrogens with one attached hydrogen (secondary N) is 1. The predicted molar refractivity (Wildman–Crippen MR) is 67.8 cm³/mol. The first-order valence-electron chi connectivity index (χ1n) is 6.44. The van der Waals surface area contributed by atoms with E-state index < -0.39 is 0 Å². The Hall–Kier alpha value is -1.35. The highest BCUT2D eigenvalue weighted by Gasteiger charge is 2.44. The van der Waals surface area contributed by atoms with Crippen molar-refractivity contribution in [2.45, 2.75) is 37.8 Å². The molecule has 1 fully saturated rings. The molecule has 1 aliphatic heterocycles. The van der Waals surface area contributed by atoms with E-state index in [-0.39, 0.29) is 0 Å². The van der Waals surface area contributed by atoms with Crippen LogP contribution in [0.5, 0.6) is 0 Å². The molecular weight excluding hydrogens is 210 g/mol. The summed E-state index contributed by atoms with van der Waals surface area (Å²) >= 11 is 0. The van der Waals surface area contributed by atoms with Gasteiger partial charge in [-0.1, -0.05) is 0 Å². The van der Waals surface area contributed by atoms with Crippen LogP contribution < -0.4 is 0 Å². The maximum absolute atomic E-state index is 4.43. The van der Waals surface area contributed by atoms with E-state index in [2.05, 4.69) is 28.0 Å². The average Bonchev–Trinajstić information content (AvgIpc) is 2.62. The molecule has 0 radical (unpaired) electrons. The largest absolute Gasteiger partial charge is 0.342 e. The third-order valence-electron chi connectivity index (χ3n) is 4.76. The number of hydrogen-bond donors (Lipinski definition) is 1. The van der Waals surface area contributed by atoms with E-state index in [1.807, 2.05) is 12.3 Å². The molecule has 1 N–H and O–H groups in total. The quantitative estimate of drug-likeness (QED) is 0.749. The molecule has 0 aromatic carbocycles. The molecule has 3 heteroatoms. The normalized spacial score (nSPS) is 22.6. The Balaban J connectivity index is 1.89. The van der Waals surface area contributed by atoms with E-state index in [4.69, 9.17) is 0 Å². The van der Waals surface area contributed by atoms with Gasteiger partial charge in [-0.2, -0.15) is 0 Å². The summed E-state index contributed by atoms with van der Waals surface area (Å²) in [7, 11) is 2.26. The van der Waals surface area contributed by atoms with Gasteiger partial charge in [-0.3, -0.25) is 4.90 Å². The number of hydrogen-bond acceptors (Lipinski definition) is 2. The summed E-state index contributed by atoms with van der Waals surface area (Å²) in [5, 5.41) is 1.34. The Kier molecular flexibility index (Phi) is 1.76. The highest BCUT2D eigenvalue weighted by Crippen LogP contribution is 2.45. The van der Waals surface area contributed by atoms with Gasteiger partial charge in [0, 0.05) is 29.4 Å². The third kappa shape index (κ3) is 1.18. The molecule has 3 heterocycles. The first-order valence-corrected chi connectivity index (χ1v) is 6.44. The lowest BCUT2D eigenvalue weighted by molar-refractivity contribution is 0.0210. The van der Waals surface area contributed by atoms with Gasteiger partial charge in [0.15, 0.2) is 0 Å². The third-order valence-corrected chi connectivity index (χ3v) is 4.76. The van der Waals surface area contributed by atoms with Crippen molar-refractivity contribution in [1.82, 2.24) is 14.9 Å². The maximum Gasteiger partial charge on any atom is 0.137 e. The van der Waals surface area contributed by atoms with Crippen LogP contribution in [0.1, 0.15) is 30.5 Å². The van der Waals surface area contributed by atoms with Gasteiger partial charge in [0.2, 0.25) is 0 Å². The van der Waals surface area contributed by atoms with Crippen molar-refractivity contribution in [3.63, 3.8) is 0 Å². The fraction of sp³-hybridized carbons (Fsp3) is 0.500. The summed E-state index contributed by atoms with van der Waals surface area (Å²) in [6.45, 7) is 1.05. The first kappa shape index (κ1) is 9.66. The fourth-order valence-electron chi connectivity index (χ4n) is 3.48. The molecule has 0 unspecified atom stereocenters. The smallest absolute Gasteiger partial charge is 0.137 e. The second-order valence-corrected chi connectivity index (χ2v) is 5.59. The molecule has 0 saturated heterocycles. The summed E-state index contributed by atoms with van der Waals surface area (Å²) in [5.74, 6) is 0. The topological polar surface area (TPSA) is 31.9 Å². The van der Waals surface area contributed by atoms with Gasteiger partial charge < -0.3 is 4.98 Å². The number of likely N-dealkylation sites (N-methyl/N-ethyl adjacent to an activating group) is 1. The van der Waals surface area contributed by atoms with Gasteiger partial charge in [-0.15, -0.1) is 0 Å². The van der Waals surface area contributed by atoms with Crippen molar-refractivity contribution in [1.29, 1.82) is 0 Å². The zero-order valence-corrected chi connectivity index (χ0v) is 10.2. The minimum atomic E-state index is 0.456. The molecule has 1 aliphatic carbocycles. The zero-order valence-electron chi connectivity index (χ0n) is 10.2. The molecule has 0 amide bonds. The van der Waals surface area contributed by atoms with Crippen molar-refractivity contribution >= 4 is 11.0 Å². The average molecular weight is 227 g/mol. The van der Waals surface area contributed by atoms with Crippen molar-refractivity contribution < 1.29 is 0 Å². The zero-order chi connectivity index (χ0) is 11.5. The second-order valence-electron chi connectivity index (χ2n) is 5.59. The van der Waals surface area contributed by atoms with Crippen LogP contribution in [-0.2, 0) is 13.0 Å². The number of nitrogens with zero attached hydrogens (tertiary/aromatic N) is 2. The molecular formula is C14H17N3. The Morgan fingerprint density at radius 1 is 1.41 bits per heavy atom. The van der Waals surface area contributed by atoms with E-state index in [1.165, 1.54) is 42.3 Å². The highest BCUT2D eigenvalue weighted by atomic mass is 15.2. The van der Waals surface area contributed by atoms with Crippen LogP contribution in [0.3, 0.4) is 0 Å². The predicted octanol–water partition coefficient (Wildman–Crippen LogP) is 2.47. The number of aromatic nitrogens is 2. The van der Waals surface area contributed by atoms with E-state index in [0.29, 0.717) is 5.54 Å². The summed E-state index contributed by atoms with van der Waals surface area (Å²) in [6.07, 6.45) is 7.17. The van der Waals surface area contributed by atoms with Gasteiger partial charge in [-0.25, -0.2) is 4.98 Å². The molecule has 3 nitrogen and oxygen atoms in total. The minimum Gasteiger partial charge on any atom is -0.342 e. The lowest BCUT2D eigenvalue weighted by Crippen LogP contribution is -2.55. The van der Waals surface area contributed by atoms with Gasteiger partial charge in [-0.05, 0) is 50.4 Å². The van der Waals surface area contributed by atoms with Crippen molar-refractivity contribution in [3.8, 4) is 0 Å². The Labute approximate surface area is 101 Å². The summed E-state index contributed by atoms with van der Waals surface area (Å²) in [6, 6.07) is 4.25. The molecule has 2 aromatic rings. The lowest BCUT2D eigenvalue weighted by Gasteiger charge is -2.51. The van der Waals surface area contributed by atoms with Gasteiger partial charge in [0.05, 0.1) is 0 Å². The van der Waals surface area contributed by atoms with Crippen LogP contribution >= 0.6 is 0 Å². The number of aromatic amines is 1. The summed E-state index contributed by atoms with van der Waals surface area (Å²) in [4.78, 5) is 10.4. The molecule has 2 aliphatic rings. The first-order chi connectivity index (χ1) is 8.28. The monoisotopic (exact) mass is 227 g/mol. The van der Waals surface area contributed by atoms with Crippen LogP contribution in [-0.4, -0.2) is 27.5 Å². The van der Waals surface area contributed by atoms with Gasteiger partial charge >= 0.3 is 0 Å². The lowest BCUT2D eigenvalue weighted by atomic mass is 9.69. The van der Waals surface area contributed by atoms with E-state index >= 15 is 0 Å². The molecule has 4 rings (SSSR count). The number of rotatable bonds is 0. The molecule has 1 spiro atoms. The van der Waals surface area contributed by atoms with Crippen LogP contribution in [0.4, 0.5) is 0 Å². The van der Waals surface area contributed by atoms with E-state index in [9.17, 15) is 0 Å². The summed E-state index contributed by atoms with van der Waals surface area (Å²) in [5.41, 5.74) is 4.41. The number of fused-ring (bicyclic) bond motifs is 3. The molecule has 1 saturated carbocycles. The molecule has 0 atom stereocenters. The molecule has 2 aromatic heterocycles. The van der Waals surface area contributed by atoms with Gasteiger partial charge in [0.25, 0.3) is 0 Å². The summed E-state index contributed by atoms with van der Waals surface area (Å²) < 4.78 is 0. The maximum atomic E-state index is 4.43. The Morgan fingerprint density at radius 2 is 2.29 bits per heavy atom. The van der Waals surface area contributed by atoms with E-state index in [0.717, 1.165) is 12.2 Å². The Morgan fingerprint density at radius 3 is 3.06 bits per heavy atom.